The van der Waals surface area contributed by atoms with E-state index in [1.807, 2.05) is 19.1 Å². The van der Waals surface area contributed by atoms with Crippen molar-refractivity contribution in [2.24, 2.45) is 0 Å². The molecule has 1 fully saturated rings. The van der Waals surface area contributed by atoms with Gasteiger partial charge in [0.1, 0.15) is 5.82 Å². The smallest absolute Gasteiger partial charge is 0.258 e. The van der Waals surface area contributed by atoms with Gasteiger partial charge in [0.25, 0.3) is 5.56 Å². The molecule has 1 aliphatic rings. The fraction of sp³-hybridized carbons (Fsp3) is 0.333. The fourth-order valence-corrected chi connectivity index (χ4v) is 2.27. The molecule has 98 valence electrons. The Hall–Kier alpha value is -2.10. The minimum absolute atomic E-state index is 0.174. The lowest BCUT2D eigenvalue weighted by molar-refractivity contribution is 0.444. The van der Waals surface area contributed by atoms with E-state index >= 15 is 0 Å². The highest BCUT2D eigenvalue weighted by molar-refractivity contribution is 5.56. The minimum Gasteiger partial charge on any atom is -0.493 e. The Balaban J connectivity index is 1.99. The van der Waals surface area contributed by atoms with Crippen molar-refractivity contribution in [2.75, 3.05) is 0 Å². The van der Waals surface area contributed by atoms with Gasteiger partial charge in [-0.3, -0.25) is 4.79 Å². The lowest BCUT2D eigenvalue weighted by Crippen LogP contribution is -2.14. The molecule has 0 atom stereocenters. The average Bonchev–Trinajstić information content (AvgIpc) is 3.23. The highest BCUT2D eigenvalue weighted by atomic mass is 16.3. The standard InChI is InChI=1S/C15H16N2O2/c1-2-12-14(18)16-13(17-15(12)19)11-7-5-10(6-8-11)9-3-4-9/h5-9H,2-4H2,1H3,(H2,16,17,18,19). The maximum Gasteiger partial charge on any atom is 0.258 e. The molecular weight excluding hydrogens is 240 g/mol. The molecule has 2 aromatic rings. The van der Waals surface area contributed by atoms with Crippen LogP contribution in [0.3, 0.4) is 0 Å². The number of aromatic hydroxyl groups is 1. The molecule has 1 heterocycles. The summed E-state index contributed by atoms with van der Waals surface area (Å²) in [4.78, 5) is 18.6. The van der Waals surface area contributed by atoms with Crippen molar-refractivity contribution < 1.29 is 5.11 Å². The summed E-state index contributed by atoms with van der Waals surface area (Å²) >= 11 is 0. The third-order valence-corrected chi connectivity index (χ3v) is 3.58. The van der Waals surface area contributed by atoms with Gasteiger partial charge in [-0.2, -0.15) is 4.98 Å². The Bertz CT molecular complexity index is 655. The van der Waals surface area contributed by atoms with E-state index in [0.717, 1.165) is 5.56 Å². The Morgan fingerprint density at radius 1 is 1.32 bits per heavy atom. The first-order valence-corrected chi connectivity index (χ1v) is 6.61. The molecule has 2 N–H and O–H groups in total. The van der Waals surface area contributed by atoms with Gasteiger partial charge in [0.05, 0.1) is 5.56 Å². The van der Waals surface area contributed by atoms with Crippen LogP contribution >= 0.6 is 0 Å². The molecule has 3 rings (SSSR count). The quantitative estimate of drug-likeness (QED) is 0.887. The number of rotatable bonds is 3. The van der Waals surface area contributed by atoms with Crippen molar-refractivity contribution in [1.29, 1.82) is 0 Å². The summed E-state index contributed by atoms with van der Waals surface area (Å²) in [5, 5.41) is 9.76. The molecule has 1 aromatic heterocycles. The van der Waals surface area contributed by atoms with Crippen molar-refractivity contribution in [3.63, 3.8) is 0 Å². The summed E-state index contributed by atoms with van der Waals surface area (Å²) in [5.41, 5.74) is 2.22. The van der Waals surface area contributed by atoms with Gasteiger partial charge in [-0.1, -0.05) is 31.2 Å². The predicted molar refractivity (Wildman–Crippen MR) is 73.3 cm³/mol. The molecule has 0 bridgehead atoms. The first kappa shape index (κ1) is 12.0. The highest BCUT2D eigenvalue weighted by Crippen LogP contribution is 2.40. The van der Waals surface area contributed by atoms with Gasteiger partial charge in [0.15, 0.2) is 0 Å². The van der Waals surface area contributed by atoms with E-state index in [2.05, 4.69) is 22.1 Å². The van der Waals surface area contributed by atoms with Crippen molar-refractivity contribution >= 4 is 0 Å². The van der Waals surface area contributed by atoms with E-state index in [4.69, 9.17) is 0 Å². The van der Waals surface area contributed by atoms with E-state index in [1.54, 1.807) is 0 Å². The van der Waals surface area contributed by atoms with Crippen molar-refractivity contribution in [2.45, 2.75) is 32.1 Å². The van der Waals surface area contributed by atoms with E-state index in [9.17, 15) is 9.90 Å². The van der Waals surface area contributed by atoms with Crippen molar-refractivity contribution in [3.05, 3.63) is 45.7 Å². The Kier molecular flexibility index (Phi) is 2.85. The van der Waals surface area contributed by atoms with Crippen LogP contribution in [0.4, 0.5) is 0 Å². The maximum absolute atomic E-state index is 11.8. The monoisotopic (exact) mass is 256 g/mol. The summed E-state index contributed by atoms with van der Waals surface area (Å²) < 4.78 is 0. The number of nitrogens with zero attached hydrogens (tertiary/aromatic N) is 1. The summed E-state index contributed by atoms with van der Waals surface area (Å²) in [5.74, 6) is 0.950. The molecule has 0 amide bonds. The second kappa shape index (κ2) is 4.53. The predicted octanol–water partition coefficient (Wildman–Crippen LogP) is 2.58. The number of benzene rings is 1. The first-order valence-electron chi connectivity index (χ1n) is 6.61. The molecule has 0 saturated heterocycles. The number of nitrogens with one attached hydrogen (secondary N) is 1. The van der Waals surface area contributed by atoms with Crippen LogP contribution in [-0.2, 0) is 6.42 Å². The molecule has 1 aromatic carbocycles. The van der Waals surface area contributed by atoms with Crippen molar-refractivity contribution in [3.8, 4) is 17.3 Å². The van der Waals surface area contributed by atoms with Crippen LogP contribution in [0, 0.1) is 0 Å². The summed E-state index contributed by atoms with van der Waals surface area (Å²) in [6.07, 6.45) is 3.00. The van der Waals surface area contributed by atoms with Gasteiger partial charge >= 0.3 is 0 Å². The molecular formula is C15H16N2O2. The number of aromatic amines is 1. The van der Waals surface area contributed by atoms with Gasteiger partial charge in [-0.15, -0.1) is 0 Å². The number of hydrogen-bond donors (Lipinski definition) is 2. The summed E-state index contributed by atoms with van der Waals surface area (Å²) in [7, 11) is 0. The molecule has 19 heavy (non-hydrogen) atoms. The third-order valence-electron chi connectivity index (χ3n) is 3.58. The average molecular weight is 256 g/mol. The largest absolute Gasteiger partial charge is 0.493 e. The number of H-pyrrole nitrogens is 1. The third kappa shape index (κ3) is 2.26. The fourth-order valence-electron chi connectivity index (χ4n) is 2.27. The number of aromatic nitrogens is 2. The van der Waals surface area contributed by atoms with Gasteiger partial charge < -0.3 is 10.1 Å². The molecule has 0 spiro atoms. The molecule has 0 radical (unpaired) electrons. The van der Waals surface area contributed by atoms with Crippen LogP contribution in [0.1, 0.15) is 36.8 Å². The van der Waals surface area contributed by atoms with Crippen LogP contribution < -0.4 is 5.56 Å². The molecule has 0 aliphatic heterocycles. The van der Waals surface area contributed by atoms with E-state index in [0.29, 0.717) is 23.7 Å². The summed E-state index contributed by atoms with van der Waals surface area (Å²) in [6.45, 7) is 1.82. The second-order valence-electron chi connectivity index (χ2n) is 4.97. The zero-order valence-electron chi connectivity index (χ0n) is 10.8. The molecule has 1 aliphatic carbocycles. The maximum atomic E-state index is 11.8. The molecule has 0 unspecified atom stereocenters. The van der Waals surface area contributed by atoms with Crippen LogP contribution in [0.25, 0.3) is 11.4 Å². The normalized spacial score (nSPS) is 14.6. The Morgan fingerprint density at radius 3 is 2.53 bits per heavy atom. The SMILES string of the molecule is CCc1c(O)nc(-c2ccc(C3CC3)cc2)[nH]c1=O. The van der Waals surface area contributed by atoms with E-state index in [1.165, 1.54) is 18.4 Å². The number of hydrogen-bond acceptors (Lipinski definition) is 3. The topological polar surface area (TPSA) is 66.0 Å². The molecule has 1 saturated carbocycles. The molecule has 4 nitrogen and oxygen atoms in total. The first-order chi connectivity index (χ1) is 9.19. The zero-order chi connectivity index (χ0) is 13.4. The van der Waals surface area contributed by atoms with Crippen molar-refractivity contribution in [1.82, 2.24) is 9.97 Å². The highest BCUT2D eigenvalue weighted by Gasteiger charge is 2.23. The van der Waals surface area contributed by atoms with Crippen LogP contribution in [-0.4, -0.2) is 15.1 Å². The Morgan fingerprint density at radius 2 is 2.00 bits per heavy atom. The van der Waals surface area contributed by atoms with Gasteiger partial charge in [0, 0.05) is 5.56 Å². The van der Waals surface area contributed by atoms with Crippen LogP contribution in [0.5, 0.6) is 5.88 Å². The second-order valence-corrected chi connectivity index (χ2v) is 4.97. The van der Waals surface area contributed by atoms with Gasteiger partial charge in [-0.25, -0.2) is 0 Å². The lowest BCUT2D eigenvalue weighted by atomic mass is 10.1. The molecule has 4 heteroatoms. The lowest BCUT2D eigenvalue weighted by Gasteiger charge is -2.05. The van der Waals surface area contributed by atoms with Crippen LogP contribution in [0.2, 0.25) is 0 Å². The van der Waals surface area contributed by atoms with Crippen LogP contribution in [0.15, 0.2) is 29.1 Å². The van der Waals surface area contributed by atoms with E-state index in [-0.39, 0.29) is 11.4 Å². The van der Waals surface area contributed by atoms with Gasteiger partial charge in [0.2, 0.25) is 5.88 Å². The van der Waals surface area contributed by atoms with E-state index < -0.39 is 0 Å². The van der Waals surface area contributed by atoms with Gasteiger partial charge in [-0.05, 0) is 30.7 Å². The Labute approximate surface area is 111 Å². The zero-order valence-corrected chi connectivity index (χ0v) is 10.8. The summed E-state index contributed by atoms with van der Waals surface area (Å²) in [6, 6.07) is 8.02. The minimum atomic E-state index is -0.267.